The van der Waals surface area contributed by atoms with Gasteiger partial charge in [-0.1, -0.05) is 39.7 Å². The summed E-state index contributed by atoms with van der Waals surface area (Å²) in [7, 11) is -3.86. The minimum atomic E-state index is -3.86. The lowest BCUT2D eigenvalue weighted by atomic mass is 10.1. The molecule has 0 saturated carbocycles. The van der Waals surface area contributed by atoms with E-state index in [1.54, 1.807) is 24.3 Å². The van der Waals surface area contributed by atoms with Crippen LogP contribution >= 0.6 is 27.5 Å². The molecule has 28 heavy (non-hydrogen) atoms. The minimum Gasteiger partial charge on any atom is -0.456 e. The summed E-state index contributed by atoms with van der Waals surface area (Å²) >= 11 is 9.10. The highest BCUT2D eigenvalue weighted by molar-refractivity contribution is 9.10. The lowest BCUT2D eigenvalue weighted by molar-refractivity contribution is -0.146. The third kappa shape index (κ3) is 4.63. The molecule has 1 fully saturated rings. The van der Waals surface area contributed by atoms with Gasteiger partial charge in [-0.2, -0.15) is 4.31 Å². The smallest absolute Gasteiger partial charge is 0.324 e. The Morgan fingerprint density at radius 2 is 1.75 bits per heavy atom. The Labute approximate surface area is 176 Å². The molecule has 0 unspecified atom stereocenters. The first kappa shape index (κ1) is 21.0. The predicted octanol–water partition coefficient (Wildman–Crippen LogP) is 3.68. The second kappa shape index (κ2) is 8.73. The molecule has 148 valence electrons. The fourth-order valence-electron chi connectivity index (χ4n) is 2.96. The van der Waals surface area contributed by atoms with Crippen LogP contribution in [-0.4, -0.2) is 43.7 Å². The molecule has 1 heterocycles. The second-order valence-corrected chi connectivity index (χ2v) is 9.51. The Morgan fingerprint density at radius 1 is 1.11 bits per heavy atom. The Hall–Kier alpha value is -1.74. The van der Waals surface area contributed by atoms with Gasteiger partial charge in [0.1, 0.15) is 6.04 Å². The van der Waals surface area contributed by atoms with E-state index < -0.39 is 28.6 Å². The largest absolute Gasteiger partial charge is 0.456 e. The van der Waals surface area contributed by atoms with Crippen LogP contribution in [0, 0.1) is 0 Å². The number of rotatable bonds is 6. The van der Waals surface area contributed by atoms with E-state index in [2.05, 4.69) is 15.9 Å². The molecule has 0 aromatic heterocycles. The van der Waals surface area contributed by atoms with E-state index in [4.69, 9.17) is 16.3 Å². The first-order valence-corrected chi connectivity index (χ1v) is 11.1. The van der Waals surface area contributed by atoms with Crippen molar-refractivity contribution in [1.29, 1.82) is 0 Å². The third-order valence-corrected chi connectivity index (χ3v) is 7.11. The zero-order valence-corrected chi connectivity index (χ0v) is 17.8. The van der Waals surface area contributed by atoms with Crippen molar-refractivity contribution >= 4 is 49.3 Å². The van der Waals surface area contributed by atoms with Gasteiger partial charge in [-0.05, 0) is 49.2 Å². The predicted molar refractivity (Wildman–Crippen MR) is 108 cm³/mol. The Balaban J connectivity index is 1.68. The molecule has 0 radical (unpaired) electrons. The zero-order valence-electron chi connectivity index (χ0n) is 14.7. The van der Waals surface area contributed by atoms with Gasteiger partial charge in [0.15, 0.2) is 12.4 Å². The number of esters is 1. The fourth-order valence-corrected chi connectivity index (χ4v) is 4.99. The van der Waals surface area contributed by atoms with E-state index >= 15 is 0 Å². The van der Waals surface area contributed by atoms with Crippen LogP contribution in [0.2, 0.25) is 5.02 Å². The highest BCUT2D eigenvalue weighted by atomic mass is 79.9. The van der Waals surface area contributed by atoms with Crippen molar-refractivity contribution in [3.05, 3.63) is 63.6 Å². The van der Waals surface area contributed by atoms with Crippen molar-refractivity contribution in [2.45, 2.75) is 23.8 Å². The van der Waals surface area contributed by atoms with Crippen molar-refractivity contribution in [2.75, 3.05) is 13.2 Å². The van der Waals surface area contributed by atoms with Crippen LogP contribution in [-0.2, 0) is 19.6 Å². The molecule has 2 aromatic rings. The fraction of sp³-hybridized carbons (Fsp3) is 0.263. The number of benzene rings is 2. The standard InChI is InChI=1S/C19H17BrClNO5S/c20-14-5-3-13(4-6-14)18(23)12-27-19(24)17-2-1-11-22(17)28(25,26)16-9-7-15(21)8-10-16/h3-10,17H,1-2,11-12H2/t17-/m1/s1. The Kier molecular flexibility index (Phi) is 6.54. The minimum absolute atomic E-state index is 0.0579. The van der Waals surface area contributed by atoms with Crippen molar-refractivity contribution < 1.29 is 22.7 Å². The van der Waals surface area contributed by atoms with Crippen LogP contribution in [0.25, 0.3) is 0 Å². The summed E-state index contributed by atoms with van der Waals surface area (Å²) in [5, 5.41) is 0.419. The molecule has 0 bridgehead atoms. The van der Waals surface area contributed by atoms with Gasteiger partial charge >= 0.3 is 5.97 Å². The highest BCUT2D eigenvalue weighted by Gasteiger charge is 2.40. The number of ether oxygens (including phenoxy) is 1. The number of sulfonamides is 1. The van der Waals surface area contributed by atoms with E-state index in [0.717, 1.165) is 8.78 Å². The van der Waals surface area contributed by atoms with Crippen LogP contribution in [0.4, 0.5) is 0 Å². The molecule has 1 aliphatic heterocycles. The summed E-state index contributed by atoms with van der Waals surface area (Å²) in [5.41, 5.74) is 0.410. The number of hydrogen-bond acceptors (Lipinski definition) is 5. The average Bonchev–Trinajstić information content (AvgIpc) is 3.17. The summed E-state index contributed by atoms with van der Waals surface area (Å²) in [6.07, 6.45) is 0.880. The van der Waals surface area contributed by atoms with Gasteiger partial charge in [0.05, 0.1) is 4.90 Å². The molecule has 0 spiro atoms. The third-order valence-electron chi connectivity index (χ3n) is 4.41. The topological polar surface area (TPSA) is 80.8 Å². The molecule has 2 aromatic carbocycles. The van der Waals surface area contributed by atoms with E-state index in [1.165, 1.54) is 24.3 Å². The monoisotopic (exact) mass is 485 g/mol. The van der Waals surface area contributed by atoms with Crippen LogP contribution < -0.4 is 0 Å². The van der Waals surface area contributed by atoms with E-state index in [0.29, 0.717) is 23.4 Å². The molecule has 1 saturated heterocycles. The maximum Gasteiger partial charge on any atom is 0.324 e. The summed E-state index contributed by atoms with van der Waals surface area (Å²) in [5.74, 6) is -1.08. The maximum absolute atomic E-state index is 12.9. The van der Waals surface area contributed by atoms with Gasteiger partial charge in [0.25, 0.3) is 0 Å². The number of carbonyl (C=O) groups is 2. The lowest BCUT2D eigenvalue weighted by Crippen LogP contribution is -2.41. The lowest BCUT2D eigenvalue weighted by Gasteiger charge is -2.22. The zero-order chi connectivity index (χ0) is 20.3. The summed E-state index contributed by atoms with van der Waals surface area (Å²) in [6, 6.07) is 11.5. The average molecular weight is 487 g/mol. The molecule has 6 nitrogen and oxygen atoms in total. The second-order valence-electron chi connectivity index (χ2n) is 6.27. The van der Waals surface area contributed by atoms with Gasteiger partial charge in [0.2, 0.25) is 10.0 Å². The number of ketones is 1. The molecular formula is C19H17BrClNO5S. The van der Waals surface area contributed by atoms with Crippen LogP contribution in [0.3, 0.4) is 0 Å². The molecule has 1 aliphatic rings. The SMILES string of the molecule is O=C(COC(=O)[C@H]1CCCN1S(=O)(=O)c1ccc(Cl)cc1)c1ccc(Br)cc1. The molecule has 0 amide bonds. The molecule has 1 atom stereocenters. The van der Waals surface area contributed by atoms with Crippen molar-refractivity contribution in [3.8, 4) is 0 Å². The van der Waals surface area contributed by atoms with Gasteiger partial charge in [-0.25, -0.2) is 8.42 Å². The summed E-state index contributed by atoms with van der Waals surface area (Å²) < 4.78 is 32.8. The Morgan fingerprint density at radius 3 is 2.39 bits per heavy atom. The number of nitrogens with zero attached hydrogens (tertiary/aromatic N) is 1. The molecule has 0 aliphatic carbocycles. The van der Waals surface area contributed by atoms with Crippen LogP contribution in [0.15, 0.2) is 57.9 Å². The van der Waals surface area contributed by atoms with Gasteiger partial charge in [-0.3, -0.25) is 9.59 Å². The summed E-state index contributed by atoms with van der Waals surface area (Å²) in [4.78, 5) is 24.7. The number of carbonyl (C=O) groups excluding carboxylic acids is 2. The quantitative estimate of drug-likeness (QED) is 0.460. The number of Topliss-reactive ketones (excluding diaryl/α,β-unsaturated/α-hetero) is 1. The van der Waals surface area contributed by atoms with E-state index in [9.17, 15) is 18.0 Å². The number of hydrogen-bond donors (Lipinski definition) is 0. The molecule has 0 N–H and O–H groups in total. The first-order chi connectivity index (χ1) is 13.3. The summed E-state index contributed by atoms with van der Waals surface area (Å²) in [6.45, 7) is -0.225. The Bertz CT molecular complexity index is 976. The van der Waals surface area contributed by atoms with Crippen LogP contribution in [0.5, 0.6) is 0 Å². The molecular weight excluding hydrogens is 470 g/mol. The van der Waals surface area contributed by atoms with Crippen LogP contribution in [0.1, 0.15) is 23.2 Å². The number of halogens is 2. The first-order valence-electron chi connectivity index (χ1n) is 8.52. The highest BCUT2D eigenvalue weighted by Crippen LogP contribution is 2.27. The van der Waals surface area contributed by atoms with Gasteiger partial charge in [-0.15, -0.1) is 0 Å². The normalized spacial score (nSPS) is 17.4. The van der Waals surface area contributed by atoms with Gasteiger partial charge in [0, 0.05) is 21.6 Å². The maximum atomic E-state index is 12.9. The van der Waals surface area contributed by atoms with E-state index in [-0.39, 0.29) is 17.2 Å². The molecule has 3 rings (SSSR count). The van der Waals surface area contributed by atoms with Gasteiger partial charge < -0.3 is 4.74 Å². The van der Waals surface area contributed by atoms with Crippen molar-refractivity contribution in [2.24, 2.45) is 0 Å². The van der Waals surface area contributed by atoms with E-state index in [1.807, 2.05) is 0 Å². The molecule has 9 heteroatoms. The van der Waals surface area contributed by atoms with Crippen molar-refractivity contribution in [1.82, 2.24) is 4.31 Å². The van der Waals surface area contributed by atoms with Crippen molar-refractivity contribution in [3.63, 3.8) is 0 Å².